The maximum atomic E-state index is 12.0. The monoisotopic (exact) mass is 215 g/mol. The molecule has 0 N–H and O–H groups in total. The van der Waals surface area contributed by atoms with Crippen molar-refractivity contribution in [2.45, 2.75) is 0 Å². The third-order valence-corrected chi connectivity index (χ3v) is 2.39. The number of amides is 1. The van der Waals surface area contributed by atoms with Crippen LogP contribution in [0.2, 0.25) is 0 Å². The van der Waals surface area contributed by atoms with Crippen LogP contribution in [0.3, 0.4) is 0 Å². The zero-order chi connectivity index (χ0) is 11.1. The molecule has 0 aromatic heterocycles. The van der Waals surface area contributed by atoms with Gasteiger partial charge in [-0.2, -0.15) is 0 Å². The van der Waals surface area contributed by atoms with Gasteiger partial charge >= 0.3 is 0 Å². The lowest BCUT2D eigenvalue weighted by atomic mass is 10.3. The quantitative estimate of drug-likeness (QED) is 0.387. The average Bonchev–Trinajstić information content (AvgIpc) is 2.27. The van der Waals surface area contributed by atoms with Gasteiger partial charge in [-0.15, -0.1) is 0 Å². The standard InChI is InChI=1S/C8H14FN5O/c9-1-2-13-3-5-14(6-4-13)8(15)7-11-12-10/h1-7H2. The lowest BCUT2D eigenvalue weighted by Crippen LogP contribution is -2.49. The van der Waals surface area contributed by atoms with Crippen LogP contribution in [0.4, 0.5) is 4.39 Å². The van der Waals surface area contributed by atoms with Crippen LogP contribution in [0.5, 0.6) is 0 Å². The Kier molecular flexibility index (Phi) is 4.86. The summed E-state index contributed by atoms with van der Waals surface area (Å²) in [4.78, 5) is 17.5. The van der Waals surface area contributed by atoms with Gasteiger partial charge in [-0.25, -0.2) is 4.39 Å². The predicted molar refractivity (Wildman–Crippen MR) is 53.0 cm³/mol. The van der Waals surface area contributed by atoms with E-state index in [0.717, 1.165) is 0 Å². The van der Waals surface area contributed by atoms with Gasteiger partial charge in [0.1, 0.15) is 13.2 Å². The molecule has 1 rings (SSSR count). The Balaban J connectivity index is 2.30. The molecule has 0 bridgehead atoms. The average molecular weight is 215 g/mol. The van der Waals surface area contributed by atoms with E-state index in [1.807, 2.05) is 4.90 Å². The number of halogens is 1. The smallest absolute Gasteiger partial charge is 0.228 e. The van der Waals surface area contributed by atoms with Gasteiger partial charge in [0.15, 0.2) is 0 Å². The number of nitrogens with zero attached hydrogens (tertiary/aromatic N) is 5. The number of carbonyl (C=O) groups excluding carboxylic acids is 1. The number of rotatable bonds is 4. The Morgan fingerprint density at radius 1 is 1.40 bits per heavy atom. The van der Waals surface area contributed by atoms with Crippen molar-refractivity contribution in [1.82, 2.24) is 9.80 Å². The Hall–Kier alpha value is -1.33. The molecule has 1 heterocycles. The number of alkyl halides is 1. The molecule has 0 saturated carbocycles. The summed E-state index contributed by atoms with van der Waals surface area (Å²) in [6.45, 7) is 2.49. The molecule has 0 radical (unpaired) electrons. The fourth-order valence-corrected chi connectivity index (χ4v) is 1.53. The Labute approximate surface area is 87.3 Å². The lowest BCUT2D eigenvalue weighted by Gasteiger charge is -2.33. The van der Waals surface area contributed by atoms with Crippen LogP contribution in [0, 0.1) is 0 Å². The highest BCUT2D eigenvalue weighted by Crippen LogP contribution is 2.02. The van der Waals surface area contributed by atoms with E-state index < -0.39 is 0 Å². The first-order valence-corrected chi connectivity index (χ1v) is 4.85. The van der Waals surface area contributed by atoms with Crippen LogP contribution in [0.25, 0.3) is 10.4 Å². The van der Waals surface area contributed by atoms with Crippen molar-refractivity contribution in [2.24, 2.45) is 5.11 Å². The van der Waals surface area contributed by atoms with Crippen molar-refractivity contribution in [3.8, 4) is 0 Å². The molecule has 6 nitrogen and oxygen atoms in total. The fraction of sp³-hybridized carbons (Fsp3) is 0.875. The summed E-state index contributed by atoms with van der Waals surface area (Å²) in [6, 6.07) is 0. The van der Waals surface area contributed by atoms with Crippen LogP contribution >= 0.6 is 0 Å². The predicted octanol–water partition coefficient (Wildman–Crippen LogP) is 0.410. The van der Waals surface area contributed by atoms with Gasteiger partial charge in [0.2, 0.25) is 5.91 Å². The van der Waals surface area contributed by atoms with Crippen molar-refractivity contribution in [2.75, 3.05) is 45.9 Å². The number of carbonyl (C=O) groups is 1. The molecule has 1 amide bonds. The summed E-state index contributed by atoms with van der Waals surface area (Å²) in [7, 11) is 0. The fourth-order valence-electron chi connectivity index (χ4n) is 1.53. The molecule has 0 spiro atoms. The molecule has 0 aromatic carbocycles. The van der Waals surface area contributed by atoms with E-state index in [-0.39, 0.29) is 19.1 Å². The van der Waals surface area contributed by atoms with Crippen LogP contribution in [0.15, 0.2) is 5.11 Å². The van der Waals surface area contributed by atoms with E-state index in [1.165, 1.54) is 0 Å². The molecule has 0 unspecified atom stereocenters. The minimum Gasteiger partial charge on any atom is -0.340 e. The topological polar surface area (TPSA) is 72.3 Å². The lowest BCUT2D eigenvalue weighted by molar-refractivity contribution is -0.131. The highest BCUT2D eigenvalue weighted by Gasteiger charge is 2.19. The van der Waals surface area contributed by atoms with Crippen molar-refractivity contribution in [3.63, 3.8) is 0 Å². The molecule has 0 aliphatic carbocycles. The van der Waals surface area contributed by atoms with Crippen LogP contribution in [0.1, 0.15) is 0 Å². The first kappa shape index (κ1) is 11.7. The molecule has 7 heteroatoms. The molecule has 15 heavy (non-hydrogen) atoms. The number of hydrogen-bond donors (Lipinski definition) is 0. The van der Waals surface area contributed by atoms with E-state index in [9.17, 15) is 9.18 Å². The molecule has 1 fully saturated rings. The van der Waals surface area contributed by atoms with E-state index >= 15 is 0 Å². The first-order valence-electron chi connectivity index (χ1n) is 4.85. The molecular formula is C8H14FN5O. The number of azide groups is 1. The summed E-state index contributed by atoms with van der Waals surface area (Å²) < 4.78 is 12.0. The second-order valence-corrected chi connectivity index (χ2v) is 3.30. The Bertz CT molecular complexity index is 258. The molecule has 1 aliphatic rings. The van der Waals surface area contributed by atoms with E-state index in [4.69, 9.17) is 5.53 Å². The molecule has 0 aromatic rings. The summed E-state index contributed by atoms with van der Waals surface area (Å²) >= 11 is 0. The minimum absolute atomic E-state index is 0.125. The Morgan fingerprint density at radius 2 is 2.07 bits per heavy atom. The van der Waals surface area contributed by atoms with Crippen molar-refractivity contribution in [3.05, 3.63) is 10.4 Å². The molecule has 0 atom stereocenters. The summed E-state index contributed by atoms with van der Waals surface area (Å²) in [5.41, 5.74) is 8.06. The van der Waals surface area contributed by atoms with E-state index in [1.54, 1.807) is 4.90 Å². The molecule has 84 valence electrons. The van der Waals surface area contributed by atoms with Gasteiger partial charge in [-0.05, 0) is 5.53 Å². The van der Waals surface area contributed by atoms with Gasteiger partial charge < -0.3 is 4.90 Å². The second-order valence-electron chi connectivity index (χ2n) is 3.30. The number of piperazine rings is 1. The first-order chi connectivity index (χ1) is 7.27. The van der Waals surface area contributed by atoms with Crippen molar-refractivity contribution in [1.29, 1.82) is 0 Å². The summed E-state index contributed by atoms with van der Waals surface area (Å²) in [6.07, 6.45) is 0. The van der Waals surface area contributed by atoms with Gasteiger partial charge in [-0.1, -0.05) is 5.11 Å². The zero-order valence-electron chi connectivity index (χ0n) is 8.47. The van der Waals surface area contributed by atoms with Gasteiger partial charge in [-0.3, -0.25) is 9.69 Å². The van der Waals surface area contributed by atoms with Gasteiger partial charge in [0.05, 0.1) is 0 Å². The largest absolute Gasteiger partial charge is 0.340 e. The third kappa shape index (κ3) is 3.73. The summed E-state index contributed by atoms with van der Waals surface area (Å²) in [5.74, 6) is -0.160. The van der Waals surface area contributed by atoms with E-state index in [2.05, 4.69) is 10.0 Å². The van der Waals surface area contributed by atoms with Crippen molar-refractivity contribution < 1.29 is 9.18 Å². The maximum Gasteiger partial charge on any atom is 0.228 e. The van der Waals surface area contributed by atoms with Gasteiger partial charge in [0.25, 0.3) is 0 Å². The van der Waals surface area contributed by atoms with E-state index in [0.29, 0.717) is 32.7 Å². The molecule has 1 saturated heterocycles. The zero-order valence-corrected chi connectivity index (χ0v) is 8.47. The van der Waals surface area contributed by atoms with Crippen LogP contribution in [-0.2, 0) is 4.79 Å². The highest BCUT2D eigenvalue weighted by molar-refractivity contribution is 5.78. The second kappa shape index (κ2) is 6.21. The maximum absolute atomic E-state index is 12.0. The Morgan fingerprint density at radius 3 is 2.60 bits per heavy atom. The normalized spacial score (nSPS) is 17.3. The van der Waals surface area contributed by atoms with Crippen LogP contribution < -0.4 is 0 Å². The highest BCUT2D eigenvalue weighted by atomic mass is 19.1. The SMILES string of the molecule is [N-]=[N+]=NCC(=O)N1CCN(CCF)CC1. The molecular weight excluding hydrogens is 201 g/mol. The molecule has 1 aliphatic heterocycles. The number of hydrogen-bond acceptors (Lipinski definition) is 3. The van der Waals surface area contributed by atoms with Gasteiger partial charge in [0, 0.05) is 37.6 Å². The minimum atomic E-state index is -0.354. The van der Waals surface area contributed by atoms with Crippen molar-refractivity contribution >= 4 is 5.91 Å². The summed E-state index contributed by atoms with van der Waals surface area (Å²) in [5, 5.41) is 3.22. The van der Waals surface area contributed by atoms with Crippen LogP contribution in [-0.4, -0.2) is 61.7 Å². The third-order valence-electron chi connectivity index (χ3n) is 2.39.